The number of benzene rings is 1. The highest BCUT2D eigenvalue weighted by atomic mass is 35.5. The van der Waals surface area contributed by atoms with Gasteiger partial charge in [-0.3, -0.25) is 0 Å². The van der Waals surface area contributed by atoms with Crippen LogP contribution in [0.1, 0.15) is 46.1 Å². The fourth-order valence-corrected chi connectivity index (χ4v) is 3.50. The molecule has 1 aliphatic rings. The van der Waals surface area contributed by atoms with E-state index in [1.807, 2.05) is 0 Å². The Morgan fingerprint density at radius 3 is 2.32 bits per heavy atom. The third-order valence-corrected chi connectivity index (χ3v) is 4.77. The Hall–Kier alpha value is -3.00. The number of carboxylic acids is 1. The third-order valence-electron chi connectivity index (χ3n) is 4.43. The molecule has 1 aromatic carbocycles. The van der Waals surface area contributed by atoms with E-state index in [4.69, 9.17) is 21.1 Å². The first-order valence-electron chi connectivity index (χ1n) is 9.72. The minimum Gasteiger partial charge on any atom is -0.478 e. The Morgan fingerprint density at radius 2 is 1.74 bits per heavy atom. The van der Waals surface area contributed by atoms with Crippen LogP contribution in [0.5, 0.6) is 0 Å². The zero-order valence-corrected chi connectivity index (χ0v) is 18.9. The van der Waals surface area contributed by atoms with E-state index >= 15 is 0 Å². The molecule has 0 saturated heterocycles. The van der Waals surface area contributed by atoms with Crippen LogP contribution in [0.4, 0.5) is 4.79 Å². The van der Waals surface area contributed by atoms with Crippen molar-refractivity contribution >= 4 is 29.6 Å². The lowest BCUT2D eigenvalue weighted by molar-refractivity contribution is -0.139. The second-order valence-corrected chi connectivity index (χ2v) is 8.43. The Bertz CT molecular complexity index is 946. The highest BCUT2D eigenvalue weighted by molar-refractivity contribution is 6.31. The molecule has 168 valence electrons. The van der Waals surface area contributed by atoms with Gasteiger partial charge in [-0.05, 0) is 46.2 Å². The normalized spacial score (nSPS) is 16.5. The summed E-state index contributed by atoms with van der Waals surface area (Å²) < 4.78 is 10.4. The molecular weight excluding hydrogens is 424 g/mol. The van der Waals surface area contributed by atoms with E-state index < -0.39 is 29.6 Å². The van der Waals surface area contributed by atoms with E-state index in [0.717, 1.165) is 0 Å². The van der Waals surface area contributed by atoms with Gasteiger partial charge in [0.2, 0.25) is 0 Å². The molecule has 0 bridgehead atoms. The minimum atomic E-state index is -1.17. The fraction of sp³-hybridized carbons (Fsp3) is 0.409. The molecule has 0 aliphatic carbocycles. The number of esters is 1. The monoisotopic (exact) mass is 450 g/mol. The summed E-state index contributed by atoms with van der Waals surface area (Å²) in [6.45, 7) is 8.44. The van der Waals surface area contributed by atoms with Gasteiger partial charge in [-0.15, -0.1) is 0 Å². The number of nitrogens with one attached hydrogen (secondary N) is 2. The number of amides is 1. The lowest BCUT2D eigenvalue weighted by Gasteiger charge is -2.30. The number of carbonyl (C=O) groups is 3. The highest BCUT2D eigenvalue weighted by Gasteiger charge is 2.38. The number of alkyl carbamates (subject to hydrolysis) is 1. The number of halogens is 1. The number of aliphatic carboxylic acids is 1. The molecule has 1 aliphatic heterocycles. The van der Waals surface area contributed by atoms with Gasteiger partial charge in [0.1, 0.15) is 12.2 Å². The first-order chi connectivity index (χ1) is 14.4. The van der Waals surface area contributed by atoms with Crippen LogP contribution in [-0.2, 0) is 19.1 Å². The second-order valence-electron chi connectivity index (χ2n) is 8.03. The lowest BCUT2D eigenvalue weighted by Crippen LogP contribution is -2.35. The van der Waals surface area contributed by atoms with Crippen molar-refractivity contribution in [3.63, 3.8) is 0 Å². The van der Waals surface area contributed by atoms with E-state index in [1.165, 1.54) is 0 Å². The van der Waals surface area contributed by atoms with Crippen molar-refractivity contribution in [2.24, 2.45) is 0 Å². The number of hydrogen-bond donors (Lipinski definition) is 3. The van der Waals surface area contributed by atoms with Crippen molar-refractivity contribution < 1.29 is 29.0 Å². The first-order valence-corrected chi connectivity index (χ1v) is 10.1. The molecule has 9 heteroatoms. The quantitative estimate of drug-likeness (QED) is 0.447. The number of ether oxygens (including phenoxy) is 2. The van der Waals surface area contributed by atoms with Crippen molar-refractivity contribution in [2.45, 2.75) is 46.1 Å². The van der Waals surface area contributed by atoms with Crippen LogP contribution in [0.15, 0.2) is 46.8 Å². The van der Waals surface area contributed by atoms with Gasteiger partial charge in [-0.2, -0.15) is 0 Å². The first kappa shape index (κ1) is 24.3. The SMILES string of the molecule is CC1=C(C(=O)O)C(c2ccccc2Cl)C(C(=O)OCCNC(=O)OC(C)(C)C)=C(C)N1. The number of carboxylic acid groups (broad SMARTS) is 1. The van der Waals surface area contributed by atoms with Crippen LogP contribution in [0.3, 0.4) is 0 Å². The second kappa shape index (κ2) is 9.87. The molecule has 0 radical (unpaired) electrons. The smallest absolute Gasteiger partial charge is 0.407 e. The predicted molar refractivity (Wildman–Crippen MR) is 116 cm³/mol. The molecule has 0 spiro atoms. The number of allylic oxidation sites excluding steroid dienone is 2. The molecule has 1 unspecified atom stereocenters. The minimum absolute atomic E-state index is 0.0116. The molecule has 1 atom stereocenters. The zero-order valence-electron chi connectivity index (χ0n) is 18.2. The maximum atomic E-state index is 12.9. The summed E-state index contributed by atoms with van der Waals surface area (Å²) in [4.78, 5) is 36.6. The predicted octanol–water partition coefficient (Wildman–Crippen LogP) is 3.73. The number of rotatable bonds is 6. The lowest BCUT2D eigenvalue weighted by atomic mass is 9.80. The Morgan fingerprint density at radius 1 is 1.13 bits per heavy atom. The van der Waals surface area contributed by atoms with Gasteiger partial charge in [0.15, 0.2) is 0 Å². The van der Waals surface area contributed by atoms with E-state index in [0.29, 0.717) is 22.0 Å². The molecule has 1 aromatic rings. The van der Waals surface area contributed by atoms with Crippen LogP contribution in [0, 0.1) is 0 Å². The standard InChI is InChI=1S/C22H27ClN2O6/c1-12-16(19(26)27)18(14-8-6-7-9-15(14)23)17(13(2)25-12)20(28)30-11-10-24-21(29)31-22(3,4)5/h6-9,18,25H,10-11H2,1-5H3,(H,24,29)(H,26,27). The summed E-state index contributed by atoms with van der Waals surface area (Å²) in [6.07, 6.45) is -0.626. The van der Waals surface area contributed by atoms with E-state index in [9.17, 15) is 19.5 Å². The van der Waals surface area contributed by atoms with Crippen molar-refractivity contribution in [1.29, 1.82) is 0 Å². The van der Waals surface area contributed by atoms with Crippen LogP contribution >= 0.6 is 11.6 Å². The van der Waals surface area contributed by atoms with Crippen molar-refractivity contribution in [3.05, 3.63) is 57.4 Å². The molecule has 3 N–H and O–H groups in total. The molecule has 1 heterocycles. The van der Waals surface area contributed by atoms with Gasteiger partial charge in [0, 0.05) is 16.4 Å². The largest absolute Gasteiger partial charge is 0.478 e. The van der Waals surface area contributed by atoms with Gasteiger partial charge in [-0.1, -0.05) is 29.8 Å². The van der Waals surface area contributed by atoms with Gasteiger partial charge < -0.3 is 25.2 Å². The van der Waals surface area contributed by atoms with E-state index in [2.05, 4.69) is 10.6 Å². The van der Waals surface area contributed by atoms with Crippen molar-refractivity contribution in [1.82, 2.24) is 10.6 Å². The summed E-state index contributed by atoms with van der Waals surface area (Å²) in [5.41, 5.74) is 0.887. The number of dihydropyridines is 1. The van der Waals surface area contributed by atoms with Gasteiger partial charge in [0.05, 0.1) is 23.6 Å². The maximum Gasteiger partial charge on any atom is 0.407 e. The number of hydrogen-bond acceptors (Lipinski definition) is 6. The molecule has 8 nitrogen and oxygen atoms in total. The summed E-state index contributed by atoms with van der Waals surface area (Å²) >= 11 is 6.34. The third kappa shape index (κ3) is 6.24. The van der Waals surface area contributed by atoms with Crippen LogP contribution in [0.2, 0.25) is 5.02 Å². The topological polar surface area (TPSA) is 114 Å². The van der Waals surface area contributed by atoms with Gasteiger partial charge >= 0.3 is 18.0 Å². The van der Waals surface area contributed by atoms with Crippen molar-refractivity contribution in [3.8, 4) is 0 Å². The molecule has 1 amide bonds. The molecule has 0 saturated carbocycles. The summed E-state index contributed by atoms with van der Waals surface area (Å²) in [7, 11) is 0. The summed E-state index contributed by atoms with van der Waals surface area (Å²) in [5, 5.41) is 15.6. The number of carbonyl (C=O) groups excluding carboxylic acids is 2. The van der Waals surface area contributed by atoms with Gasteiger partial charge in [-0.25, -0.2) is 14.4 Å². The molecule has 2 rings (SSSR count). The zero-order chi connectivity index (χ0) is 23.3. The molecule has 31 heavy (non-hydrogen) atoms. The van der Waals surface area contributed by atoms with Gasteiger partial charge in [0.25, 0.3) is 0 Å². The van der Waals surface area contributed by atoms with Crippen LogP contribution in [-0.4, -0.2) is 41.9 Å². The van der Waals surface area contributed by atoms with Crippen molar-refractivity contribution in [2.75, 3.05) is 13.2 Å². The maximum absolute atomic E-state index is 12.9. The Labute approximate surface area is 186 Å². The fourth-order valence-electron chi connectivity index (χ4n) is 3.26. The highest BCUT2D eigenvalue weighted by Crippen LogP contribution is 2.41. The van der Waals surface area contributed by atoms with Crippen LogP contribution in [0.25, 0.3) is 0 Å². The van der Waals surface area contributed by atoms with Crippen LogP contribution < -0.4 is 10.6 Å². The van der Waals surface area contributed by atoms with E-state index in [1.54, 1.807) is 58.9 Å². The molecular formula is C22H27ClN2O6. The average Bonchev–Trinajstić information content (AvgIpc) is 2.63. The summed E-state index contributed by atoms with van der Waals surface area (Å²) in [6, 6.07) is 6.76. The average molecular weight is 451 g/mol. The Kier molecular flexibility index (Phi) is 7.73. The Balaban J connectivity index is 2.21. The summed E-state index contributed by atoms with van der Waals surface area (Å²) in [5.74, 6) is -2.77. The molecule has 0 fully saturated rings. The molecule has 0 aromatic heterocycles. The van der Waals surface area contributed by atoms with E-state index in [-0.39, 0.29) is 24.3 Å².